The van der Waals surface area contributed by atoms with E-state index in [4.69, 9.17) is 4.42 Å². The summed E-state index contributed by atoms with van der Waals surface area (Å²) >= 11 is 1.87. The number of hydrogen-bond donors (Lipinski definition) is 0. The number of nitrogens with zero attached hydrogens (tertiary/aromatic N) is 1. The number of thiophene rings is 1. The lowest BCUT2D eigenvalue weighted by atomic mass is 9.67. The van der Waals surface area contributed by atoms with Crippen LogP contribution in [0.5, 0.6) is 0 Å². The van der Waals surface area contributed by atoms with Crippen LogP contribution in [0, 0.1) is 0 Å². The number of benzene rings is 9. The summed E-state index contributed by atoms with van der Waals surface area (Å²) in [5.74, 6) is 0. The third kappa shape index (κ3) is 4.84. The highest BCUT2D eigenvalue weighted by atomic mass is 32.1. The third-order valence-electron chi connectivity index (χ3n) is 12.1. The number of fused-ring (bicyclic) bond motifs is 9. The minimum atomic E-state index is -0.481. The van der Waals surface area contributed by atoms with Crippen molar-refractivity contribution in [1.82, 2.24) is 0 Å². The van der Waals surface area contributed by atoms with E-state index in [0.717, 1.165) is 39.0 Å². The number of para-hydroxylation sites is 1. The van der Waals surface area contributed by atoms with E-state index in [1.807, 2.05) is 11.3 Å². The van der Waals surface area contributed by atoms with Gasteiger partial charge in [0.05, 0.1) is 5.41 Å². The molecule has 1 aliphatic carbocycles. The number of anilines is 3. The molecule has 3 heteroatoms. The van der Waals surface area contributed by atoms with Crippen LogP contribution >= 0.6 is 11.3 Å². The Labute approximate surface area is 340 Å². The molecule has 2 heterocycles. The van der Waals surface area contributed by atoms with Crippen LogP contribution in [-0.2, 0) is 5.41 Å². The summed E-state index contributed by atoms with van der Waals surface area (Å²) in [4.78, 5) is 2.35. The van der Waals surface area contributed by atoms with Crippen LogP contribution in [0.1, 0.15) is 22.3 Å². The molecule has 0 saturated heterocycles. The van der Waals surface area contributed by atoms with Crippen molar-refractivity contribution in [3.05, 3.63) is 235 Å². The second kappa shape index (κ2) is 12.9. The first kappa shape index (κ1) is 33.0. The Balaban J connectivity index is 1.02. The van der Waals surface area contributed by atoms with Crippen molar-refractivity contribution >= 4 is 70.5 Å². The summed E-state index contributed by atoms with van der Waals surface area (Å²) in [6, 6.07) is 77.2. The highest BCUT2D eigenvalue weighted by Gasteiger charge is 2.46. The zero-order valence-electron chi connectivity index (χ0n) is 31.5. The first-order valence-electron chi connectivity index (χ1n) is 19.8. The van der Waals surface area contributed by atoms with Crippen LogP contribution < -0.4 is 4.90 Å². The number of hydrogen-bond acceptors (Lipinski definition) is 3. The number of rotatable bonds is 6. The van der Waals surface area contributed by atoms with Crippen LogP contribution in [0.4, 0.5) is 17.1 Å². The molecule has 1 aliphatic rings. The molecule has 0 radical (unpaired) electrons. The molecule has 0 atom stereocenters. The second-order valence-electron chi connectivity index (χ2n) is 15.2. The summed E-state index contributed by atoms with van der Waals surface area (Å²) in [5.41, 5.74) is 14.6. The summed E-state index contributed by atoms with van der Waals surface area (Å²) in [5, 5.41) is 4.84. The van der Waals surface area contributed by atoms with E-state index < -0.39 is 5.41 Å². The normalized spacial score (nSPS) is 13.0. The van der Waals surface area contributed by atoms with Gasteiger partial charge in [-0.1, -0.05) is 152 Å². The fraction of sp³-hybridized carbons (Fsp3) is 0.0182. The van der Waals surface area contributed by atoms with Gasteiger partial charge in [-0.05, 0) is 105 Å². The highest BCUT2D eigenvalue weighted by molar-refractivity contribution is 7.26. The quantitative estimate of drug-likeness (QED) is 0.168. The monoisotopic (exact) mass is 757 g/mol. The molecule has 2 aromatic heterocycles. The van der Waals surface area contributed by atoms with Crippen LogP contribution in [0.3, 0.4) is 0 Å². The maximum Gasteiger partial charge on any atom is 0.135 e. The van der Waals surface area contributed by atoms with E-state index in [-0.39, 0.29) is 0 Å². The topological polar surface area (TPSA) is 16.4 Å². The van der Waals surface area contributed by atoms with Gasteiger partial charge in [-0.2, -0.15) is 0 Å². The molecule has 11 aromatic rings. The average Bonchev–Trinajstić information content (AvgIpc) is 3.95. The molecule has 9 aromatic carbocycles. The lowest BCUT2D eigenvalue weighted by Crippen LogP contribution is -2.28. The molecule has 0 unspecified atom stereocenters. The van der Waals surface area contributed by atoms with Crippen LogP contribution in [0.2, 0.25) is 0 Å². The largest absolute Gasteiger partial charge is 0.456 e. The molecule has 0 N–H and O–H groups in total. The van der Waals surface area contributed by atoms with Crippen molar-refractivity contribution in [3.63, 3.8) is 0 Å². The predicted octanol–water partition coefficient (Wildman–Crippen LogP) is 15.5. The molecule has 0 aliphatic heterocycles. The highest BCUT2D eigenvalue weighted by Crippen LogP contribution is 2.57. The fourth-order valence-electron chi connectivity index (χ4n) is 9.63. The van der Waals surface area contributed by atoms with Crippen molar-refractivity contribution < 1.29 is 4.42 Å². The maximum atomic E-state index is 6.79. The Morgan fingerprint density at radius 2 is 0.983 bits per heavy atom. The Bertz CT molecular complexity index is 3290. The van der Waals surface area contributed by atoms with Crippen molar-refractivity contribution in [2.75, 3.05) is 4.90 Å². The second-order valence-corrected chi connectivity index (χ2v) is 16.3. The third-order valence-corrected chi connectivity index (χ3v) is 13.4. The standard InChI is InChI=1S/C55H35NOS/c1-4-15-37(16-5-1)55(38-17-6-2-7-18-38)49-25-12-10-21-43(49)46-34-48-47-33-41(31-32-51(47)57-52(48)35-50(46)55)56(39-19-8-3-9-20-39)40-29-27-36(28-30-40)42-23-14-24-45-44-22-11-13-26-53(44)58-54(42)45/h1-35H. The molecule has 0 bridgehead atoms. The van der Waals surface area contributed by atoms with Crippen molar-refractivity contribution in [2.45, 2.75) is 5.41 Å². The molecule has 0 saturated carbocycles. The zero-order valence-corrected chi connectivity index (χ0v) is 32.3. The molecule has 0 fully saturated rings. The van der Waals surface area contributed by atoms with Crippen LogP contribution in [0.15, 0.2) is 217 Å². The lowest BCUT2D eigenvalue weighted by Gasteiger charge is -2.33. The Hall–Kier alpha value is -7.20. The van der Waals surface area contributed by atoms with Gasteiger partial charge in [-0.15, -0.1) is 11.3 Å². The molecule has 12 rings (SSSR count). The summed E-state index contributed by atoms with van der Waals surface area (Å²) in [7, 11) is 0. The summed E-state index contributed by atoms with van der Waals surface area (Å²) < 4.78 is 9.44. The van der Waals surface area contributed by atoms with Gasteiger partial charge in [0.1, 0.15) is 11.2 Å². The SMILES string of the molecule is c1ccc(N(c2ccc(-c3cccc4c3sc3ccccc34)cc2)c2ccc3oc4cc5c(cc4c3c2)-c2ccccc2C5(c2ccccc2)c2ccccc2)cc1. The van der Waals surface area contributed by atoms with Crippen molar-refractivity contribution in [3.8, 4) is 22.3 Å². The minimum Gasteiger partial charge on any atom is -0.456 e. The fourth-order valence-corrected chi connectivity index (χ4v) is 10.9. The lowest BCUT2D eigenvalue weighted by molar-refractivity contribution is 0.666. The summed E-state index contributed by atoms with van der Waals surface area (Å²) in [6.07, 6.45) is 0. The average molecular weight is 758 g/mol. The molecule has 2 nitrogen and oxygen atoms in total. The van der Waals surface area contributed by atoms with Gasteiger partial charge in [0.25, 0.3) is 0 Å². The van der Waals surface area contributed by atoms with Gasteiger partial charge in [0.2, 0.25) is 0 Å². The number of furan rings is 1. The first-order valence-corrected chi connectivity index (χ1v) is 20.6. The molecular formula is C55H35NOS. The van der Waals surface area contributed by atoms with E-state index >= 15 is 0 Å². The Morgan fingerprint density at radius 3 is 1.76 bits per heavy atom. The molecule has 58 heavy (non-hydrogen) atoms. The zero-order chi connectivity index (χ0) is 38.2. The van der Waals surface area contributed by atoms with Gasteiger partial charge >= 0.3 is 0 Å². The van der Waals surface area contributed by atoms with Crippen LogP contribution in [-0.4, -0.2) is 0 Å². The van der Waals surface area contributed by atoms with E-state index in [9.17, 15) is 0 Å². The summed E-state index contributed by atoms with van der Waals surface area (Å²) in [6.45, 7) is 0. The van der Waals surface area contributed by atoms with Gasteiger partial charge in [-0.25, -0.2) is 0 Å². The smallest absolute Gasteiger partial charge is 0.135 e. The van der Waals surface area contributed by atoms with E-state index in [1.165, 1.54) is 64.7 Å². The van der Waals surface area contributed by atoms with E-state index in [0.29, 0.717) is 0 Å². The minimum absolute atomic E-state index is 0.481. The molecular weight excluding hydrogens is 723 g/mol. The Morgan fingerprint density at radius 1 is 0.379 bits per heavy atom. The molecule has 0 spiro atoms. The van der Waals surface area contributed by atoms with E-state index in [1.54, 1.807) is 0 Å². The van der Waals surface area contributed by atoms with Gasteiger partial charge in [-0.3, -0.25) is 0 Å². The maximum absolute atomic E-state index is 6.79. The Kier molecular flexibility index (Phi) is 7.35. The van der Waals surface area contributed by atoms with Gasteiger partial charge < -0.3 is 9.32 Å². The van der Waals surface area contributed by atoms with Crippen LogP contribution in [0.25, 0.3) is 64.4 Å². The predicted molar refractivity (Wildman–Crippen MR) is 244 cm³/mol. The first-order chi connectivity index (χ1) is 28.8. The van der Waals surface area contributed by atoms with Gasteiger partial charge in [0.15, 0.2) is 0 Å². The van der Waals surface area contributed by atoms with Crippen molar-refractivity contribution in [2.24, 2.45) is 0 Å². The molecule has 0 amide bonds. The van der Waals surface area contributed by atoms with E-state index in [2.05, 4.69) is 217 Å². The van der Waals surface area contributed by atoms with Crippen molar-refractivity contribution in [1.29, 1.82) is 0 Å². The molecule has 272 valence electrons. The van der Waals surface area contributed by atoms with Gasteiger partial charge in [0, 0.05) is 48.0 Å².